The maximum atomic E-state index is 13.2. The monoisotopic (exact) mass is 825 g/mol. The van der Waals surface area contributed by atoms with E-state index in [0.717, 1.165) is 21.0 Å². The second kappa shape index (κ2) is 21.0. The summed E-state index contributed by atoms with van der Waals surface area (Å²) in [6.45, 7) is -0.536. The van der Waals surface area contributed by atoms with Crippen LogP contribution in [0.2, 0.25) is 0 Å². The number of hydrazine groups is 4. The zero-order valence-corrected chi connectivity index (χ0v) is 30.2. The molecule has 1 aliphatic rings. The molecular formula is C25H39N13O17S. The Morgan fingerprint density at radius 2 is 1.39 bits per heavy atom. The number of hydrogen-bond acceptors (Lipinski definition) is 30. The maximum absolute atomic E-state index is 13.2. The first-order chi connectivity index (χ1) is 26.1. The lowest BCUT2D eigenvalue weighted by Gasteiger charge is -2.42. The molecule has 7 atom stereocenters. The van der Waals surface area contributed by atoms with Crippen molar-refractivity contribution >= 4 is 70.4 Å². The van der Waals surface area contributed by atoms with Crippen LogP contribution in [0.3, 0.4) is 0 Å². The van der Waals surface area contributed by atoms with Crippen LogP contribution < -0.4 is 67.6 Å². The number of thioether (sulfide) groups is 1. The number of likely N-dealkylation sites (tertiary alicyclic amines) is 1. The molecule has 1 rings (SSSR count). The number of esters is 7. The van der Waals surface area contributed by atoms with Crippen molar-refractivity contribution in [3.05, 3.63) is 0 Å². The lowest BCUT2D eigenvalue weighted by molar-refractivity contribution is -0.301. The van der Waals surface area contributed by atoms with Gasteiger partial charge in [0.1, 0.15) is 6.54 Å². The Balaban J connectivity index is 3.16. The quantitative estimate of drug-likeness (QED) is 0.0103. The summed E-state index contributed by atoms with van der Waals surface area (Å²) in [4.78, 5) is 126. The Kier molecular flexibility index (Phi) is 18.2. The predicted octanol–water partition coefficient (Wildman–Crippen LogP) is -10.6. The van der Waals surface area contributed by atoms with Gasteiger partial charge in [0.25, 0.3) is 24.3 Å². The van der Waals surface area contributed by atoms with Crippen LogP contribution in [0, 0.1) is 12.3 Å². The minimum atomic E-state index is -3.26. The average molecular weight is 826 g/mol. The SMILES string of the molecule is C#CC(OC(=O)CN)(OC(=O)CNN)OC(=O)C(NN)OC(=O)C(NN)OC(=O)C(NN)OC(=O)C(N)(NC)OC(=O)C1(N)C(=O)C(SC(C)=O)CC(=O)N1C. The van der Waals surface area contributed by atoms with Crippen molar-refractivity contribution in [1.82, 2.24) is 31.9 Å². The molecule has 0 aromatic heterocycles. The Morgan fingerprint density at radius 1 is 0.893 bits per heavy atom. The number of carbonyl (C=O) groups is 10. The molecule has 30 nitrogen and oxygen atoms in total. The van der Waals surface area contributed by atoms with E-state index in [2.05, 4.69) is 9.47 Å². The van der Waals surface area contributed by atoms with Gasteiger partial charge in [0.05, 0.1) is 11.8 Å². The molecule has 0 bridgehead atoms. The summed E-state index contributed by atoms with van der Waals surface area (Å²) in [7, 11) is 1.89. The van der Waals surface area contributed by atoms with E-state index in [1.807, 2.05) is 10.7 Å². The number of nitrogens with two attached hydrogens (primary N) is 7. The van der Waals surface area contributed by atoms with E-state index in [0.29, 0.717) is 16.7 Å². The smallest absolute Gasteiger partial charge is 0.430 e. The number of nitrogens with one attached hydrogen (secondary N) is 5. The highest BCUT2D eigenvalue weighted by Crippen LogP contribution is 2.30. The zero-order valence-electron chi connectivity index (χ0n) is 29.3. The number of carbonyl (C=O) groups excluding carboxylic acids is 10. The van der Waals surface area contributed by atoms with Gasteiger partial charge in [0.15, 0.2) is 10.9 Å². The van der Waals surface area contributed by atoms with Crippen molar-refractivity contribution in [2.45, 2.75) is 54.8 Å². The first kappa shape index (κ1) is 48.5. The number of Topliss-reactive ketones (excluding diaryl/α,β-unsaturated/α-hetero) is 1. The third-order valence-electron chi connectivity index (χ3n) is 6.59. The highest BCUT2D eigenvalue weighted by atomic mass is 32.2. The van der Waals surface area contributed by atoms with Gasteiger partial charge >= 0.3 is 53.6 Å². The maximum Gasteiger partial charge on any atom is 0.496 e. The molecule has 7 unspecified atom stereocenters. The van der Waals surface area contributed by atoms with E-state index in [-0.39, 0.29) is 0 Å². The van der Waals surface area contributed by atoms with Crippen LogP contribution in [-0.2, 0) is 81.1 Å². The highest BCUT2D eigenvalue weighted by molar-refractivity contribution is 8.14. The minimum Gasteiger partial charge on any atom is -0.430 e. The van der Waals surface area contributed by atoms with Gasteiger partial charge in [-0.2, -0.15) is 0 Å². The van der Waals surface area contributed by atoms with Crippen LogP contribution >= 0.6 is 11.8 Å². The number of likely N-dealkylation sites (N-methyl/N-ethyl adjacent to an activating group) is 2. The molecule has 1 amide bonds. The molecule has 0 saturated carbocycles. The van der Waals surface area contributed by atoms with Crippen molar-refractivity contribution in [1.29, 1.82) is 0 Å². The Morgan fingerprint density at radius 3 is 1.84 bits per heavy atom. The third kappa shape index (κ3) is 12.0. The summed E-state index contributed by atoms with van der Waals surface area (Å²) in [5.74, 6) is 2.15. The van der Waals surface area contributed by atoms with Gasteiger partial charge in [0.2, 0.25) is 5.91 Å². The normalized spacial score (nSPS) is 20.3. The number of piperidine rings is 1. The molecule has 0 spiro atoms. The Labute approximate surface area is 318 Å². The fourth-order valence-corrected chi connectivity index (χ4v) is 4.66. The Hall–Kier alpha value is -5.47. The molecule has 1 saturated heterocycles. The van der Waals surface area contributed by atoms with Gasteiger partial charge in [-0.3, -0.25) is 64.1 Å². The summed E-state index contributed by atoms with van der Waals surface area (Å²) >= 11 is 0.413. The van der Waals surface area contributed by atoms with Crippen molar-refractivity contribution in [2.75, 3.05) is 27.2 Å². The number of ketones is 1. The van der Waals surface area contributed by atoms with Gasteiger partial charge in [-0.05, 0) is 7.05 Å². The van der Waals surface area contributed by atoms with Crippen LogP contribution in [-0.4, -0.2) is 132 Å². The van der Waals surface area contributed by atoms with E-state index >= 15 is 0 Å². The molecule has 1 heterocycles. The number of amides is 1. The molecule has 31 heteroatoms. The lowest BCUT2D eigenvalue weighted by atomic mass is 9.94. The number of nitrogens with zero attached hydrogens (tertiary/aromatic N) is 1. The van der Waals surface area contributed by atoms with E-state index < -0.39 is 120 Å². The van der Waals surface area contributed by atoms with Gasteiger partial charge in [-0.25, -0.2) is 45.7 Å². The van der Waals surface area contributed by atoms with E-state index in [1.165, 1.54) is 0 Å². The van der Waals surface area contributed by atoms with Crippen molar-refractivity contribution in [2.24, 2.45) is 40.6 Å². The van der Waals surface area contributed by atoms with Gasteiger partial charge < -0.3 is 43.8 Å². The van der Waals surface area contributed by atoms with Crippen LogP contribution in [0.4, 0.5) is 0 Å². The van der Waals surface area contributed by atoms with Crippen molar-refractivity contribution in [3.63, 3.8) is 0 Å². The molecule has 19 N–H and O–H groups in total. The first-order valence-electron chi connectivity index (χ1n) is 14.9. The van der Waals surface area contributed by atoms with Gasteiger partial charge in [0, 0.05) is 26.3 Å². The largest absolute Gasteiger partial charge is 0.496 e. The van der Waals surface area contributed by atoms with E-state index in [9.17, 15) is 47.9 Å². The average Bonchev–Trinajstić information content (AvgIpc) is 3.15. The molecule has 0 aromatic carbocycles. The third-order valence-corrected chi connectivity index (χ3v) is 7.59. The predicted molar refractivity (Wildman–Crippen MR) is 176 cm³/mol. The van der Waals surface area contributed by atoms with Crippen molar-refractivity contribution < 1.29 is 81.1 Å². The summed E-state index contributed by atoms with van der Waals surface area (Å²) in [6, 6.07) is 0. The van der Waals surface area contributed by atoms with Crippen LogP contribution in [0.1, 0.15) is 13.3 Å². The summed E-state index contributed by atoms with van der Waals surface area (Å²) in [5, 5.41) is 0.0283. The second-order valence-corrected chi connectivity index (χ2v) is 11.7. The number of ether oxygens (including phenoxy) is 7. The molecule has 0 radical (unpaired) electrons. The first-order valence-corrected chi connectivity index (χ1v) is 15.7. The summed E-state index contributed by atoms with van der Waals surface area (Å²) in [6.07, 6.45) is -2.58. The van der Waals surface area contributed by atoms with Crippen LogP contribution in [0.25, 0.3) is 0 Å². The molecular weight excluding hydrogens is 786 g/mol. The van der Waals surface area contributed by atoms with Gasteiger partial charge in [-0.1, -0.05) is 11.8 Å². The molecule has 1 fully saturated rings. The molecule has 312 valence electrons. The van der Waals surface area contributed by atoms with Crippen molar-refractivity contribution in [3.8, 4) is 12.3 Å². The number of rotatable bonds is 20. The Bertz CT molecular complexity index is 1620. The molecule has 0 aromatic rings. The second-order valence-electron chi connectivity index (χ2n) is 10.3. The summed E-state index contributed by atoms with van der Waals surface area (Å²) in [5.41, 5.74) is 20.8. The number of terminal acetylenes is 1. The zero-order chi connectivity index (χ0) is 43.2. The van der Waals surface area contributed by atoms with Gasteiger partial charge in [-0.15, -0.1) is 6.42 Å². The lowest BCUT2D eigenvalue weighted by Crippen LogP contribution is -2.75. The minimum absolute atomic E-state index is 0.413. The molecule has 1 aliphatic heterocycles. The fraction of sp³-hybridized carbons (Fsp3) is 0.520. The highest BCUT2D eigenvalue weighted by Gasteiger charge is 2.58. The van der Waals surface area contributed by atoms with Crippen LogP contribution in [0.5, 0.6) is 0 Å². The summed E-state index contributed by atoms with van der Waals surface area (Å²) < 4.78 is 33.2. The number of hydrogen-bond donors (Lipinski definition) is 12. The fourth-order valence-electron chi connectivity index (χ4n) is 3.75. The standard InChI is InChI=1S/C25H39N13O17S/c1-5-23(52-12(41)7-26,53-13(42)8-34-29)54-20(46)17(37-32)50-18(44)15(35-30)49-19(45)16(36-31)51-22(48)25(28,33-3)55-21(47)24(27)14(43)10(56-9(2)39)6-11(40)38(24)4/h1,10,15-17,33-37H,6-8,26-32H2,2-4H3. The molecule has 0 aliphatic carbocycles. The topological polar surface area (TPSA) is 481 Å². The van der Waals surface area contributed by atoms with Crippen LogP contribution in [0.15, 0.2) is 0 Å². The molecule has 56 heavy (non-hydrogen) atoms. The van der Waals surface area contributed by atoms with E-state index in [4.69, 9.17) is 70.7 Å². The van der Waals surface area contributed by atoms with E-state index in [1.54, 1.807) is 22.2 Å².